The molecule has 1 unspecified atom stereocenters. The molecular formula is C26H31F2N5O3S. The number of thiazole rings is 1. The number of rotatable bonds is 5. The highest BCUT2D eigenvalue weighted by molar-refractivity contribution is 7.13. The summed E-state index contributed by atoms with van der Waals surface area (Å²) < 4.78 is 37.7. The van der Waals surface area contributed by atoms with E-state index in [-0.39, 0.29) is 18.7 Å². The summed E-state index contributed by atoms with van der Waals surface area (Å²) in [6.45, 7) is 7.70. The molecule has 1 fully saturated rings. The van der Waals surface area contributed by atoms with Gasteiger partial charge >= 0.3 is 6.09 Å². The van der Waals surface area contributed by atoms with Gasteiger partial charge in [-0.3, -0.25) is 4.79 Å². The van der Waals surface area contributed by atoms with Crippen LogP contribution in [0.15, 0.2) is 48.1 Å². The molecule has 3 aromatic rings. The number of nitrogens with zero attached hydrogens (tertiary/aromatic N) is 5. The number of ether oxygens (including phenoxy) is 1. The number of carbonyl (C=O) groups is 2. The van der Waals surface area contributed by atoms with Gasteiger partial charge in [0, 0.05) is 29.7 Å². The van der Waals surface area contributed by atoms with Crippen LogP contribution < -0.4 is 0 Å². The average molecular weight is 532 g/mol. The summed E-state index contributed by atoms with van der Waals surface area (Å²) in [4.78, 5) is 32.5. The Labute approximate surface area is 218 Å². The summed E-state index contributed by atoms with van der Waals surface area (Å²) >= 11 is 1.26. The van der Waals surface area contributed by atoms with E-state index in [4.69, 9.17) is 4.74 Å². The number of hydrogen-bond acceptors (Lipinski definition) is 6. The quantitative estimate of drug-likeness (QED) is 0.435. The molecule has 1 aliphatic rings. The fraction of sp³-hybridized carbons (Fsp3) is 0.462. The first-order valence-electron chi connectivity index (χ1n) is 12.1. The molecule has 0 N–H and O–H groups in total. The molecule has 1 saturated heterocycles. The Balaban J connectivity index is 1.51. The van der Waals surface area contributed by atoms with Gasteiger partial charge in [-0.25, -0.2) is 23.2 Å². The van der Waals surface area contributed by atoms with E-state index in [1.807, 2.05) is 36.5 Å². The minimum Gasteiger partial charge on any atom is -0.444 e. The van der Waals surface area contributed by atoms with Gasteiger partial charge in [0.25, 0.3) is 11.8 Å². The molecule has 8 nitrogen and oxygen atoms in total. The van der Waals surface area contributed by atoms with Gasteiger partial charge in [0.1, 0.15) is 16.3 Å². The minimum absolute atomic E-state index is 0.0622. The summed E-state index contributed by atoms with van der Waals surface area (Å²) in [7, 11) is 0. The van der Waals surface area contributed by atoms with Gasteiger partial charge < -0.3 is 14.5 Å². The molecule has 0 saturated carbocycles. The van der Waals surface area contributed by atoms with Crippen molar-refractivity contribution in [2.75, 3.05) is 13.1 Å². The van der Waals surface area contributed by atoms with E-state index in [1.54, 1.807) is 50.9 Å². The lowest BCUT2D eigenvalue weighted by Gasteiger charge is -2.44. The molecular weight excluding hydrogens is 500 g/mol. The Morgan fingerprint density at radius 2 is 1.92 bits per heavy atom. The van der Waals surface area contributed by atoms with Crippen molar-refractivity contribution < 1.29 is 23.1 Å². The Bertz CT molecular complexity index is 1250. The molecule has 1 atom stereocenters. The highest BCUT2D eigenvalue weighted by Gasteiger charge is 2.51. The maximum atomic E-state index is 15.4. The van der Waals surface area contributed by atoms with Crippen LogP contribution in [0.2, 0.25) is 0 Å². The first-order chi connectivity index (χ1) is 17.4. The normalized spacial score (nSPS) is 17.6. The highest BCUT2D eigenvalue weighted by atomic mass is 32.1. The number of para-hydroxylation sites is 1. The smallest absolute Gasteiger partial charge is 0.410 e. The highest BCUT2D eigenvalue weighted by Crippen LogP contribution is 2.35. The zero-order valence-electron chi connectivity index (χ0n) is 21.5. The van der Waals surface area contributed by atoms with E-state index in [0.717, 1.165) is 16.2 Å². The molecule has 1 aliphatic heterocycles. The van der Waals surface area contributed by atoms with Crippen LogP contribution in [0.25, 0.3) is 16.3 Å². The zero-order valence-corrected chi connectivity index (χ0v) is 22.3. The van der Waals surface area contributed by atoms with Gasteiger partial charge in [-0.2, -0.15) is 5.10 Å². The van der Waals surface area contributed by atoms with E-state index in [9.17, 15) is 9.59 Å². The molecule has 4 rings (SSSR count). The van der Waals surface area contributed by atoms with Crippen molar-refractivity contribution in [3.05, 3.63) is 53.8 Å². The van der Waals surface area contributed by atoms with Crippen molar-refractivity contribution in [1.82, 2.24) is 24.6 Å². The van der Waals surface area contributed by atoms with Crippen LogP contribution in [-0.2, 0) is 4.74 Å². The zero-order chi connectivity index (χ0) is 27.0. The number of carbonyl (C=O) groups excluding carboxylic acids is 2. The fourth-order valence-corrected chi connectivity index (χ4v) is 5.05. The number of hydrogen-bond donors (Lipinski definition) is 0. The molecule has 198 valence electrons. The van der Waals surface area contributed by atoms with Crippen LogP contribution in [0.3, 0.4) is 0 Å². The summed E-state index contributed by atoms with van der Waals surface area (Å²) in [5, 5.41) is 6.52. The van der Waals surface area contributed by atoms with Crippen molar-refractivity contribution in [2.45, 2.75) is 64.6 Å². The van der Waals surface area contributed by atoms with Gasteiger partial charge in [0.2, 0.25) is 0 Å². The third-order valence-corrected chi connectivity index (χ3v) is 6.80. The fourth-order valence-electron chi connectivity index (χ4n) is 4.28. The number of benzene rings is 1. The minimum atomic E-state index is -3.31. The van der Waals surface area contributed by atoms with Crippen LogP contribution in [0, 0.1) is 0 Å². The number of halogens is 2. The third kappa shape index (κ3) is 5.98. The molecule has 0 bridgehead atoms. The van der Waals surface area contributed by atoms with Crippen molar-refractivity contribution in [1.29, 1.82) is 0 Å². The van der Waals surface area contributed by atoms with E-state index < -0.39 is 42.2 Å². The lowest BCUT2D eigenvalue weighted by molar-refractivity contribution is -0.122. The summed E-state index contributed by atoms with van der Waals surface area (Å²) in [5.74, 6) is -3.88. The van der Waals surface area contributed by atoms with Gasteiger partial charge in [-0.1, -0.05) is 18.2 Å². The number of piperidine rings is 1. The first-order valence-corrected chi connectivity index (χ1v) is 13.0. The molecule has 37 heavy (non-hydrogen) atoms. The number of aromatic nitrogens is 3. The number of amides is 2. The second kappa shape index (κ2) is 10.2. The molecule has 1 aromatic carbocycles. The monoisotopic (exact) mass is 531 g/mol. The van der Waals surface area contributed by atoms with Gasteiger partial charge in [-0.05, 0) is 53.2 Å². The number of alkyl halides is 2. The summed E-state index contributed by atoms with van der Waals surface area (Å²) in [5.41, 5.74) is 0.919. The largest absolute Gasteiger partial charge is 0.444 e. The van der Waals surface area contributed by atoms with E-state index in [2.05, 4.69) is 10.1 Å². The van der Waals surface area contributed by atoms with Gasteiger partial charge in [0.15, 0.2) is 0 Å². The molecule has 0 radical (unpaired) electrons. The van der Waals surface area contributed by atoms with Gasteiger partial charge in [0.05, 0.1) is 24.5 Å². The Morgan fingerprint density at radius 3 is 2.54 bits per heavy atom. The SMILES string of the molecule is CC(C)N(C(=O)c1csc(-c2cnn(-c3ccccc3)c2)n1)C1CCN(C(=O)OC(C)(C)C)CC1(F)F. The van der Waals surface area contributed by atoms with E-state index in [0.29, 0.717) is 5.01 Å². The summed E-state index contributed by atoms with van der Waals surface area (Å²) in [6.07, 6.45) is 2.61. The maximum absolute atomic E-state index is 15.4. The molecule has 2 amide bonds. The van der Waals surface area contributed by atoms with Crippen molar-refractivity contribution in [3.8, 4) is 16.3 Å². The predicted octanol–water partition coefficient (Wildman–Crippen LogP) is 5.49. The van der Waals surface area contributed by atoms with E-state index >= 15 is 8.78 Å². The second-order valence-electron chi connectivity index (χ2n) is 10.3. The molecule has 3 heterocycles. The van der Waals surface area contributed by atoms with Crippen molar-refractivity contribution >= 4 is 23.3 Å². The maximum Gasteiger partial charge on any atom is 0.410 e. The Kier molecular flexibility index (Phi) is 7.36. The Morgan fingerprint density at radius 1 is 1.22 bits per heavy atom. The number of likely N-dealkylation sites (tertiary alicyclic amines) is 1. The molecule has 0 aliphatic carbocycles. The second-order valence-corrected chi connectivity index (χ2v) is 11.2. The van der Waals surface area contributed by atoms with Crippen LogP contribution in [0.1, 0.15) is 51.5 Å². The Hall–Kier alpha value is -3.34. The standard InChI is InChI=1S/C26H31F2N5O3S/c1-17(2)33(21-11-12-31(16-26(21,27)28)24(35)36-25(3,4)5)23(34)20-15-37-22(30-20)18-13-29-32(14-18)19-9-7-6-8-10-19/h6-10,13-15,17,21H,11-12,16H2,1-5H3. The average Bonchev–Trinajstić information content (AvgIpc) is 3.49. The summed E-state index contributed by atoms with van der Waals surface area (Å²) in [6, 6.07) is 7.70. The molecule has 0 spiro atoms. The lowest BCUT2D eigenvalue weighted by Crippen LogP contribution is -2.62. The molecule has 2 aromatic heterocycles. The van der Waals surface area contributed by atoms with Crippen LogP contribution in [0.4, 0.5) is 13.6 Å². The van der Waals surface area contributed by atoms with Gasteiger partial charge in [-0.15, -0.1) is 11.3 Å². The van der Waals surface area contributed by atoms with Crippen LogP contribution in [-0.4, -0.2) is 73.3 Å². The van der Waals surface area contributed by atoms with Crippen LogP contribution >= 0.6 is 11.3 Å². The van der Waals surface area contributed by atoms with Crippen LogP contribution in [0.5, 0.6) is 0 Å². The third-order valence-electron chi connectivity index (χ3n) is 5.91. The van der Waals surface area contributed by atoms with E-state index in [1.165, 1.54) is 16.2 Å². The van der Waals surface area contributed by atoms with Crippen molar-refractivity contribution in [2.24, 2.45) is 0 Å². The molecule has 11 heteroatoms. The topological polar surface area (TPSA) is 80.6 Å². The lowest BCUT2D eigenvalue weighted by atomic mass is 9.97. The predicted molar refractivity (Wildman–Crippen MR) is 137 cm³/mol. The first kappa shape index (κ1) is 26.7. The van der Waals surface area contributed by atoms with Crippen molar-refractivity contribution in [3.63, 3.8) is 0 Å².